The Hall–Kier alpha value is -3.61. The average Bonchev–Trinajstić information content (AvgIpc) is 3.67. The number of hydrogen-bond acceptors (Lipinski definition) is 9. The molecule has 5 heterocycles. The SMILES string of the molecule is Cl.O=C1O[C@@H](Cn2ccnn2)CN1c1ccc(-c2ccc(C3=NO[C@@H](CN4CCOCC4)C3)nc2)c(F)c1. The molecule has 2 aromatic heterocycles. The van der Waals surface area contributed by atoms with Crippen LogP contribution in [0.25, 0.3) is 11.1 Å². The fraction of sp³-hybridized carbons (Fsp3) is 0.400. The van der Waals surface area contributed by atoms with Crippen LogP contribution in [-0.4, -0.2) is 88.3 Å². The van der Waals surface area contributed by atoms with Crippen LogP contribution in [0.2, 0.25) is 0 Å². The Kier molecular flexibility index (Phi) is 7.82. The predicted octanol–water partition coefficient (Wildman–Crippen LogP) is 2.75. The second kappa shape index (κ2) is 11.4. The summed E-state index contributed by atoms with van der Waals surface area (Å²) in [5.41, 5.74) is 2.95. The fourth-order valence-corrected chi connectivity index (χ4v) is 4.75. The summed E-state index contributed by atoms with van der Waals surface area (Å²) < 4.78 is 27.5. The second-order valence-electron chi connectivity index (χ2n) is 9.22. The highest BCUT2D eigenvalue weighted by molar-refractivity contribution is 5.99. The predicted molar refractivity (Wildman–Crippen MR) is 138 cm³/mol. The maximum atomic E-state index is 15.1. The number of carbonyl (C=O) groups is 1. The number of cyclic esters (lactones) is 1. The van der Waals surface area contributed by atoms with E-state index in [0.717, 1.165) is 38.6 Å². The van der Waals surface area contributed by atoms with Crippen LogP contribution in [0.1, 0.15) is 12.1 Å². The third-order valence-electron chi connectivity index (χ3n) is 6.67. The number of benzene rings is 1. The summed E-state index contributed by atoms with van der Waals surface area (Å²) >= 11 is 0. The van der Waals surface area contributed by atoms with E-state index in [2.05, 4.69) is 25.4 Å². The van der Waals surface area contributed by atoms with E-state index in [4.69, 9.17) is 14.3 Å². The summed E-state index contributed by atoms with van der Waals surface area (Å²) in [4.78, 5) is 26.2. The quantitative estimate of drug-likeness (QED) is 0.448. The van der Waals surface area contributed by atoms with Gasteiger partial charge >= 0.3 is 6.09 Å². The molecule has 200 valence electrons. The van der Waals surface area contributed by atoms with E-state index in [1.807, 2.05) is 12.1 Å². The highest BCUT2D eigenvalue weighted by atomic mass is 35.5. The smallest absolute Gasteiger partial charge is 0.414 e. The molecule has 0 aliphatic carbocycles. The monoisotopic (exact) mass is 543 g/mol. The Bertz CT molecular complexity index is 1290. The average molecular weight is 544 g/mol. The van der Waals surface area contributed by atoms with E-state index >= 15 is 4.39 Å². The van der Waals surface area contributed by atoms with Crippen LogP contribution in [0.5, 0.6) is 0 Å². The molecule has 0 saturated carbocycles. The van der Waals surface area contributed by atoms with Gasteiger partial charge in [0.25, 0.3) is 0 Å². The van der Waals surface area contributed by atoms with Gasteiger partial charge in [0.1, 0.15) is 23.7 Å². The summed E-state index contributed by atoms with van der Waals surface area (Å²) in [5, 5.41) is 11.9. The molecule has 3 aliphatic rings. The van der Waals surface area contributed by atoms with Crippen molar-refractivity contribution in [1.82, 2.24) is 24.9 Å². The molecular weight excluding hydrogens is 517 g/mol. The van der Waals surface area contributed by atoms with Gasteiger partial charge in [-0.15, -0.1) is 17.5 Å². The van der Waals surface area contributed by atoms with Crippen LogP contribution < -0.4 is 4.90 Å². The summed E-state index contributed by atoms with van der Waals surface area (Å²) in [6.45, 7) is 4.76. The number of carbonyl (C=O) groups excluding carboxylic acids is 1. The minimum atomic E-state index is -0.519. The first kappa shape index (κ1) is 26.0. The number of nitrogens with zero attached hydrogens (tertiary/aromatic N) is 7. The fourth-order valence-electron chi connectivity index (χ4n) is 4.75. The number of halogens is 2. The van der Waals surface area contributed by atoms with Crippen molar-refractivity contribution < 1.29 is 23.5 Å². The van der Waals surface area contributed by atoms with Crippen LogP contribution in [-0.2, 0) is 20.9 Å². The standard InChI is InChI=1S/C25H26FN7O4.ClH/c26-22-11-18(33-16-20(36-25(33)34)15-32-6-5-28-30-32)2-3-21(22)17-1-4-23(27-13-17)24-12-19(37-29-24)14-31-7-9-35-10-8-31;/h1-6,11,13,19-20H,7-10,12,14-16H2;1H/t19-,20+;/m1./s1. The van der Waals surface area contributed by atoms with Gasteiger partial charge in [-0.25, -0.2) is 13.9 Å². The van der Waals surface area contributed by atoms with Crippen molar-refractivity contribution in [2.24, 2.45) is 5.16 Å². The molecule has 3 aliphatic heterocycles. The van der Waals surface area contributed by atoms with Crippen molar-refractivity contribution >= 4 is 29.9 Å². The molecule has 0 N–H and O–H groups in total. The van der Waals surface area contributed by atoms with Gasteiger partial charge in [-0.1, -0.05) is 16.4 Å². The Morgan fingerprint density at radius 3 is 2.68 bits per heavy atom. The highest BCUT2D eigenvalue weighted by Gasteiger charge is 2.33. The first-order chi connectivity index (χ1) is 18.1. The van der Waals surface area contributed by atoms with Crippen molar-refractivity contribution in [2.75, 3.05) is 44.3 Å². The lowest BCUT2D eigenvalue weighted by Gasteiger charge is -2.27. The number of rotatable bonds is 7. The molecule has 38 heavy (non-hydrogen) atoms. The van der Waals surface area contributed by atoms with Crippen LogP contribution in [0.15, 0.2) is 54.1 Å². The second-order valence-corrected chi connectivity index (χ2v) is 9.22. The largest absolute Gasteiger partial charge is 0.442 e. The Labute approximate surface area is 224 Å². The summed E-state index contributed by atoms with van der Waals surface area (Å²) in [6, 6.07) is 8.34. The molecule has 2 saturated heterocycles. The van der Waals surface area contributed by atoms with E-state index < -0.39 is 18.0 Å². The van der Waals surface area contributed by atoms with Gasteiger partial charge in [-0.2, -0.15) is 0 Å². The molecule has 0 radical (unpaired) electrons. The lowest BCUT2D eigenvalue weighted by atomic mass is 10.0. The van der Waals surface area contributed by atoms with Crippen LogP contribution in [0.3, 0.4) is 0 Å². The third kappa shape index (κ3) is 5.62. The van der Waals surface area contributed by atoms with Gasteiger partial charge in [0.05, 0.1) is 43.9 Å². The first-order valence-electron chi connectivity index (χ1n) is 12.2. The molecule has 0 bridgehead atoms. The Morgan fingerprint density at radius 2 is 1.95 bits per heavy atom. The number of pyridine rings is 1. The number of anilines is 1. The lowest BCUT2D eigenvalue weighted by molar-refractivity contribution is -0.0000402. The van der Waals surface area contributed by atoms with Crippen molar-refractivity contribution in [2.45, 2.75) is 25.2 Å². The van der Waals surface area contributed by atoms with Gasteiger partial charge in [-0.3, -0.25) is 14.8 Å². The van der Waals surface area contributed by atoms with Gasteiger partial charge in [-0.05, 0) is 24.3 Å². The van der Waals surface area contributed by atoms with Gasteiger partial charge in [0.2, 0.25) is 0 Å². The maximum absolute atomic E-state index is 15.1. The van der Waals surface area contributed by atoms with Crippen molar-refractivity contribution in [1.29, 1.82) is 0 Å². The van der Waals surface area contributed by atoms with Gasteiger partial charge in [0.15, 0.2) is 0 Å². The van der Waals surface area contributed by atoms with Gasteiger partial charge < -0.3 is 14.3 Å². The molecule has 11 nitrogen and oxygen atoms in total. The number of ether oxygens (including phenoxy) is 2. The third-order valence-corrected chi connectivity index (χ3v) is 6.67. The van der Waals surface area contributed by atoms with Crippen LogP contribution in [0.4, 0.5) is 14.9 Å². The van der Waals surface area contributed by atoms with E-state index in [1.165, 1.54) is 11.0 Å². The van der Waals surface area contributed by atoms with E-state index in [1.54, 1.807) is 35.4 Å². The Morgan fingerprint density at radius 1 is 1.08 bits per heavy atom. The number of amides is 1. The molecule has 0 unspecified atom stereocenters. The summed E-state index contributed by atoms with van der Waals surface area (Å²) in [6.07, 6.45) is 4.63. The van der Waals surface area contributed by atoms with Gasteiger partial charge in [0, 0.05) is 49.6 Å². The first-order valence-corrected chi connectivity index (χ1v) is 12.2. The van der Waals surface area contributed by atoms with Crippen molar-refractivity contribution in [3.05, 3.63) is 60.4 Å². The summed E-state index contributed by atoms with van der Waals surface area (Å²) in [7, 11) is 0. The topological polar surface area (TPSA) is 107 Å². The number of aromatic nitrogens is 4. The molecular formula is C25H27ClFN7O4. The zero-order valence-electron chi connectivity index (χ0n) is 20.5. The zero-order chi connectivity index (χ0) is 25.2. The molecule has 6 rings (SSSR count). The van der Waals surface area contributed by atoms with Crippen LogP contribution >= 0.6 is 12.4 Å². The lowest BCUT2D eigenvalue weighted by Crippen LogP contribution is -2.41. The number of hydrogen-bond donors (Lipinski definition) is 0. The maximum Gasteiger partial charge on any atom is 0.414 e. The van der Waals surface area contributed by atoms with Crippen LogP contribution in [0, 0.1) is 5.82 Å². The zero-order valence-corrected chi connectivity index (χ0v) is 21.3. The number of oxime groups is 1. The normalized spacial score (nSPS) is 21.6. The molecule has 3 aromatic rings. The molecule has 13 heteroatoms. The van der Waals surface area contributed by atoms with E-state index in [9.17, 15) is 4.79 Å². The summed E-state index contributed by atoms with van der Waals surface area (Å²) in [5.74, 6) is -0.452. The van der Waals surface area contributed by atoms with E-state index in [0.29, 0.717) is 42.0 Å². The number of morpholine rings is 1. The Balaban J connectivity index is 0.00000294. The molecule has 2 atom stereocenters. The highest BCUT2D eigenvalue weighted by Crippen LogP contribution is 2.29. The minimum Gasteiger partial charge on any atom is -0.442 e. The molecule has 1 aromatic carbocycles. The molecule has 1 amide bonds. The van der Waals surface area contributed by atoms with Crippen molar-refractivity contribution in [3.63, 3.8) is 0 Å². The molecule has 2 fully saturated rings. The minimum absolute atomic E-state index is 0. The van der Waals surface area contributed by atoms with Crippen molar-refractivity contribution in [3.8, 4) is 11.1 Å². The van der Waals surface area contributed by atoms with E-state index in [-0.39, 0.29) is 18.5 Å². The molecule has 0 spiro atoms.